The predicted molar refractivity (Wildman–Crippen MR) is 76.7 cm³/mol. The molecule has 1 aromatic carbocycles. The summed E-state index contributed by atoms with van der Waals surface area (Å²) in [5.41, 5.74) is 2.08. The van der Waals surface area contributed by atoms with Crippen LogP contribution in [-0.2, 0) is 13.5 Å². The van der Waals surface area contributed by atoms with E-state index in [9.17, 15) is 0 Å². The lowest BCUT2D eigenvalue weighted by atomic mass is 10.0. The maximum atomic E-state index is 6.05. The number of rotatable bonds is 5. The Bertz CT molecular complexity index is 553. The predicted octanol–water partition coefficient (Wildman–Crippen LogP) is 2.59. The average molecular weight is 280 g/mol. The molecule has 1 aromatic heterocycles. The molecule has 0 bridgehead atoms. The third-order valence-corrected chi connectivity index (χ3v) is 3.33. The molecular formula is C14H18ClN3O. The average Bonchev–Trinajstić information content (AvgIpc) is 2.82. The summed E-state index contributed by atoms with van der Waals surface area (Å²) in [4.78, 5) is 4.39. The minimum Gasteiger partial charge on any atom is -0.496 e. The van der Waals surface area contributed by atoms with Crippen LogP contribution in [0.25, 0.3) is 0 Å². The molecule has 1 atom stereocenters. The van der Waals surface area contributed by atoms with E-state index in [0.717, 1.165) is 23.4 Å². The van der Waals surface area contributed by atoms with Crippen molar-refractivity contribution in [3.63, 3.8) is 0 Å². The summed E-state index contributed by atoms with van der Waals surface area (Å²) in [7, 11) is 5.56. The van der Waals surface area contributed by atoms with Gasteiger partial charge in [-0.3, -0.25) is 0 Å². The van der Waals surface area contributed by atoms with E-state index in [4.69, 9.17) is 16.3 Å². The molecule has 102 valence electrons. The van der Waals surface area contributed by atoms with E-state index in [1.807, 2.05) is 43.1 Å². The molecule has 0 aliphatic carbocycles. The maximum Gasteiger partial charge on any atom is 0.122 e. The lowest BCUT2D eigenvalue weighted by molar-refractivity contribution is 0.406. The molecular weight excluding hydrogens is 262 g/mol. The Hall–Kier alpha value is -1.52. The number of nitrogens with zero attached hydrogens (tertiary/aromatic N) is 2. The topological polar surface area (TPSA) is 39.1 Å². The summed E-state index contributed by atoms with van der Waals surface area (Å²) in [6.07, 6.45) is 4.59. The van der Waals surface area contributed by atoms with Gasteiger partial charge in [0.25, 0.3) is 0 Å². The van der Waals surface area contributed by atoms with E-state index in [-0.39, 0.29) is 6.04 Å². The van der Waals surface area contributed by atoms with Gasteiger partial charge in [0.2, 0.25) is 0 Å². The number of nitrogens with one attached hydrogen (secondary N) is 1. The maximum absolute atomic E-state index is 6.05. The van der Waals surface area contributed by atoms with Crippen LogP contribution >= 0.6 is 11.6 Å². The first-order valence-corrected chi connectivity index (χ1v) is 6.49. The van der Waals surface area contributed by atoms with Gasteiger partial charge in [-0.25, -0.2) is 4.98 Å². The number of aryl methyl sites for hydroxylation is 1. The number of likely N-dealkylation sites (N-methyl/N-ethyl adjacent to an activating group) is 1. The first-order chi connectivity index (χ1) is 9.13. The Balaban J connectivity index is 2.25. The first kappa shape index (κ1) is 13.9. The molecule has 2 aromatic rings. The summed E-state index contributed by atoms with van der Waals surface area (Å²) in [5, 5.41) is 3.99. The Morgan fingerprint density at radius 3 is 2.84 bits per heavy atom. The van der Waals surface area contributed by atoms with E-state index in [0.29, 0.717) is 5.02 Å². The fourth-order valence-corrected chi connectivity index (χ4v) is 2.29. The highest BCUT2D eigenvalue weighted by Crippen LogP contribution is 2.27. The molecule has 0 saturated heterocycles. The lowest BCUT2D eigenvalue weighted by Gasteiger charge is -2.16. The highest BCUT2D eigenvalue weighted by atomic mass is 35.5. The smallest absolute Gasteiger partial charge is 0.122 e. The summed E-state index contributed by atoms with van der Waals surface area (Å²) in [5.74, 6) is 0.848. The number of imidazole rings is 1. The van der Waals surface area contributed by atoms with E-state index in [2.05, 4.69) is 10.3 Å². The van der Waals surface area contributed by atoms with Crippen LogP contribution in [0.2, 0.25) is 5.02 Å². The van der Waals surface area contributed by atoms with Gasteiger partial charge in [-0.2, -0.15) is 0 Å². The SMILES string of the molecule is CNC(Cc1cc(Cl)ccc1OC)c1cn(C)cn1. The molecule has 0 fully saturated rings. The molecule has 0 amide bonds. The molecule has 1 N–H and O–H groups in total. The van der Waals surface area contributed by atoms with Crippen LogP contribution in [0.3, 0.4) is 0 Å². The van der Waals surface area contributed by atoms with Gasteiger partial charge in [0.1, 0.15) is 5.75 Å². The number of ether oxygens (including phenoxy) is 1. The van der Waals surface area contributed by atoms with Gasteiger partial charge in [0, 0.05) is 18.3 Å². The van der Waals surface area contributed by atoms with Gasteiger partial charge in [0.15, 0.2) is 0 Å². The van der Waals surface area contributed by atoms with E-state index < -0.39 is 0 Å². The van der Waals surface area contributed by atoms with Crippen LogP contribution in [-0.4, -0.2) is 23.7 Å². The van der Waals surface area contributed by atoms with Crippen molar-refractivity contribution in [1.82, 2.24) is 14.9 Å². The van der Waals surface area contributed by atoms with Crippen molar-refractivity contribution in [2.75, 3.05) is 14.2 Å². The van der Waals surface area contributed by atoms with Crippen molar-refractivity contribution in [1.29, 1.82) is 0 Å². The molecule has 0 spiro atoms. The van der Waals surface area contributed by atoms with E-state index >= 15 is 0 Å². The van der Waals surface area contributed by atoms with Gasteiger partial charge in [0.05, 0.1) is 25.2 Å². The lowest BCUT2D eigenvalue weighted by Crippen LogP contribution is -2.19. The molecule has 5 heteroatoms. The highest BCUT2D eigenvalue weighted by molar-refractivity contribution is 6.30. The first-order valence-electron chi connectivity index (χ1n) is 6.11. The number of benzene rings is 1. The second-order valence-electron chi connectivity index (χ2n) is 4.47. The number of methoxy groups -OCH3 is 1. The van der Waals surface area contributed by atoms with Gasteiger partial charge in [-0.15, -0.1) is 0 Å². The van der Waals surface area contributed by atoms with Gasteiger partial charge < -0.3 is 14.6 Å². The van der Waals surface area contributed by atoms with Crippen molar-refractivity contribution in [3.8, 4) is 5.75 Å². The highest BCUT2D eigenvalue weighted by Gasteiger charge is 2.15. The number of halogens is 1. The van der Waals surface area contributed by atoms with Crippen LogP contribution in [0.5, 0.6) is 5.75 Å². The second kappa shape index (κ2) is 6.08. The minimum absolute atomic E-state index is 0.133. The van der Waals surface area contributed by atoms with Crippen LogP contribution in [0.1, 0.15) is 17.3 Å². The summed E-state index contributed by atoms with van der Waals surface area (Å²) in [6.45, 7) is 0. The number of aromatic nitrogens is 2. The van der Waals surface area contributed by atoms with Crippen LogP contribution in [0.15, 0.2) is 30.7 Å². The van der Waals surface area contributed by atoms with E-state index in [1.54, 1.807) is 13.4 Å². The second-order valence-corrected chi connectivity index (χ2v) is 4.90. The van der Waals surface area contributed by atoms with E-state index in [1.165, 1.54) is 0 Å². The van der Waals surface area contributed by atoms with Crippen molar-refractivity contribution >= 4 is 11.6 Å². The Labute approximate surface area is 118 Å². The standard InChI is InChI=1S/C14H18ClN3O/c1-16-12(13-8-18(2)9-17-13)7-10-6-11(15)4-5-14(10)19-3/h4-6,8-9,12,16H,7H2,1-3H3. The third-order valence-electron chi connectivity index (χ3n) is 3.10. The zero-order valence-electron chi connectivity index (χ0n) is 11.4. The molecule has 4 nitrogen and oxygen atoms in total. The van der Waals surface area contributed by atoms with Gasteiger partial charge in [-0.1, -0.05) is 11.6 Å². The Kier molecular flexibility index (Phi) is 4.45. The molecule has 0 aliphatic rings. The van der Waals surface area contributed by atoms with Crippen molar-refractivity contribution in [2.45, 2.75) is 12.5 Å². The van der Waals surface area contributed by atoms with Crippen LogP contribution in [0, 0.1) is 0 Å². The zero-order chi connectivity index (χ0) is 13.8. The molecule has 0 saturated carbocycles. The molecule has 1 heterocycles. The zero-order valence-corrected chi connectivity index (χ0v) is 12.1. The van der Waals surface area contributed by atoms with Crippen molar-refractivity contribution in [3.05, 3.63) is 47.0 Å². The fraction of sp³-hybridized carbons (Fsp3) is 0.357. The molecule has 0 radical (unpaired) electrons. The van der Waals surface area contributed by atoms with Crippen molar-refractivity contribution in [2.24, 2.45) is 7.05 Å². The molecule has 19 heavy (non-hydrogen) atoms. The summed E-state index contributed by atoms with van der Waals surface area (Å²) in [6, 6.07) is 5.80. The van der Waals surface area contributed by atoms with Crippen LogP contribution < -0.4 is 10.1 Å². The fourth-order valence-electron chi connectivity index (χ4n) is 2.09. The van der Waals surface area contributed by atoms with Crippen LogP contribution in [0.4, 0.5) is 0 Å². The normalized spacial score (nSPS) is 12.4. The molecule has 1 unspecified atom stereocenters. The monoisotopic (exact) mass is 279 g/mol. The molecule has 0 aliphatic heterocycles. The number of hydrogen-bond donors (Lipinski definition) is 1. The van der Waals surface area contributed by atoms with Crippen molar-refractivity contribution < 1.29 is 4.74 Å². The number of hydrogen-bond acceptors (Lipinski definition) is 3. The minimum atomic E-state index is 0.133. The Morgan fingerprint density at radius 1 is 1.47 bits per heavy atom. The molecule has 2 rings (SSSR count). The van der Waals surface area contributed by atoms with Gasteiger partial charge in [-0.05, 0) is 37.2 Å². The Morgan fingerprint density at radius 2 is 2.26 bits per heavy atom. The van der Waals surface area contributed by atoms with Gasteiger partial charge >= 0.3 is 0 Å². The summed E-state index contributed by atoms with van der Waals surface area (Å²) < 4.78 is 7.31. The third kappa shape index (κ3) is 3.28. The summed E-state index contributed by atoms with van der Waals surface area (Å²) >= 11 is 6.05. The largest absolute Gasteiger partial charge is 0.496 e. The quantitative estimate of drug-likeness (QED) is 0.914.